The molecule has 0 aromatic heterocycles. The van der Waals surface area contributed by atoms with Gasteiger partial charge in [0.25, 0.3) is 5.69 Å². The highest BCUT2D eigenvalue weighted by molar-refractivity contribution is 7.89. The van der Waals surface area contributed by atoms with Crippen molar-refractivity contribution in [2.75, 3.05) is 19.7 Å². The molecule has 6 rings (SSSR count). The lowest BCUT2D eigenvalue weighted by Gasteiger charge is -2.53. The van der Waals surface area contributed by atoms with E-state index in [4.69, 9.17) is 14.2 Å². The van der Waals surface area contributed by atoms with Crippen molar-refractivity contribution in [3.05, 3.63) is 137 Å². The molecule has 1 N–H and O–H groups in total. The fourth-order valence-corrected chi connectivity index (χ4v) is 8.64. The van der Waals surface area contributed by atoms with Crippen LogP contribution in [0.25, 0.3) is 0 Å². The van der Waals surface area contributed by atoms with E-state index in [1.54, 1.807) is 12.1 Å². The highest BCUT2D eigenvalue weighted by atomic mass is 32.2. The molecule has 51 heavy (non-hydrogen) atoms. The smallest absolute Gasteiger partial charge is 0.341 e. The summed E-state index contributed by atoms with van der Waals surface area (Å²) in [6.07, 6.45) is 1.36. The van der Waals surface area contributed by atoms with Crippen LogP contribution in [0.5, 0.6) is 17.2 Å². The average Bonchev–Trinajstić information content (AvgIpc) is 3.13. The van der Waals surface area contributed by atoms with Gasteiger partial charge in [-0.05, 0) is 80.6 Å². The van der Waals surface area contributed by atoms with Gasteiger partial charge in [-0.2, -0.15) is 4.31 Å². The second-order valence-electron chi connectivity index (χ2n) is 13.2. The summed E-state index contributed by atoms with van der Waals surface area (Å²) in [6, 6.07) is 29.5. The second kappa shape index (κ2) is 15.1. The first-order chi connectivity index (χ1) is 24.4. The number of nitro groups is 1. The van der Waals surface area contributed by atoms with Crippen LogP contribution in [0.2, 0.25) is 0 Å². The van der Waals surface area contributed by atoms with Gasteiger partial charge in [0.1, 0.15) is 17.2 Å². The number of rotatable bonds is 12. The molecule has 0 aliphatic carbocycles. The summed E-state index contributed by atoms with van der Waals surface area (Å²) in [6.45, 7) is 6.25. The van der Waals surface area contributed by atoms with Crippen LogP contribution >= 0.6 is 0 Å². The molecule has 2 saturated heterocycles. The van der Waals surface area contributed by atoms with Crippen LogP contribution in [-0.2, 0) is 26.0 Å². The monoisotopic (exact) mass is 712 g/mol. The number of carboxylic acids is 1. The standard InChI is InChI=1S/C39H40N2O9S/c1-27(2)34-25-39(19-21-40(22-20-39)51(46,47)32-16-13-29(14-17-32)41(44)45)36(23-28-9-5-3-6-10-28)50-38(34)33-24-31(49-30-11-7-4-8-12-30)15-18-35(33)48-26-37(42)43/h3-18,24,34,36,38H,1,19-23,25-26H2,2H3,(H,42,43)/t34-,36+,38-/m0/s1. The highest BCUT2D eigenvalue weighted by Gasteiger charge is 2.52. The maximum absolute atomic E-state index is 13.7. The Hall–Kier alpha value is -5.04. The fraction of sp³-hybridized carbons (Fsp3) is 0.308. The molecule has 11 nitrogen and oxygen atoms in total. The number of nitrogens with zero attached hydrogens (tertiary/aromatic N) is 2. The number of non-ortho nitro benzene ring substituents is 1. The first kappa shape index (κ1) is 35.8. The Morgan fingerprint density at radius 1 is 0.980 bits per heavy atom. The Morgan fingerprint density at radius 2 is 1.63 bits per heavy atom. The number of sulfonamides is 1. The normalized spacial score (nSPS) is 20.4. The van der Waals surface area contributed by atoms with Crippen LogP contribution in [0.4, 0.5) is 5.69 Å². The van der Waals surface area contributed by atoms with E-state index in [0.717, 1.165) is 11.1 Å². The number of aliphatic carboxylic acids is 1. The molecule has 2 aliphatic heterocycles. The molecule has 2 heterocycles. The third-order valence-electron chi connectivity index (χ3n) is 9.90. The van der Waals surface area contributed by atoms with Crippen molar-refractivity contribution < 1.29 is 37.5 Å². The van der Waals surface area contributed by atoms with Gasteiger partial charge < -0.3 is 19.3 Å². The fourth-order valence-electron chi connectivity index (χ4n) is 7.20. The van der Waals surface area contributed by atoms with Gasteiger partial charge in [0.2, 0.25) is 10.0 Å². The molecule has 266 valence electrons. The van der Waals surface area contributed by atoms with Crippen LogP contribution in [-0.4, -0.2) is 54.5 Å². The number of nitro benzene ring substituents is 1. The van der Waals surface area contributed by atoms with Crippen LogP contribution in [0, 0.1) is 21.4 Å². The van der Waals surface area contributed by atoms with E-state index >= 15 is 0 Å². The van der Waals surface area contributed by atoms with E-state index in [0.29, 0.717) is 48.5 Å². The van der Waals surface area contributed by atoms with E-state index in [9.17, 15) is 28.4 Å². The third kappa shape index (κ3) is 7.98. The Labute approximate surface area is 297 Å². The van der Waals surface area contributed by atoms with E-state index in [1.807, 2.05) is 73.7 Å². The maximum atomic E-state index is 13.7. The minimum absolute atomic E-state index is 0.0103. The predicted molar refractivity (Wildman–Crippen MR) is 190 cm³/mol. The number of hydrogen-bond donors (Lipinski definition) is 1. The van der Waals surface area contributed by atoms with Gasteiger partial charge in [0.15, 0.2) is 6.61 Å². The van der Waals surface area contributed by atoms with Gasteiger partial charge in [0.05, 0.1) is 22.0 Å². The van der Waals surface area contributed by atoms with Crippen molar-refractivity contribution in [1.29, 1.82) is 0 Å². The molecule has 0 unspecified atom stereocenters. The van der Waals surface area contributed by atoms with Gasteiger partial charge in [-0.1, -0.05) is 60.7 Å². The average molecular weight is 713 g/mol. The van der Waals surface area contributed by atoms with Gasteiger partial charge in [0, 0.05) is 42.1 Å². The largest absolute Gasteiger partial charge is 0.482 e. The van der Waals surface area contributed by atoms with Crippen molar-refractivity contribution in [2.45, 2.75) is 49.7 Å². The van der Waals surface area contributed by atoms with Crippen LogP contribution in [0.3, 0.4) is 0 Å². The number of hydrogen-bond acceptors (Lipinski definition) is 8. The summed E-state index contributed by atoms with van der Waals surface area (Å²) < 4.78 is 47.9. The summed E-state index contributed by atoms with van der Waals surface area (Å²) in [5, 5.41) is 20.6. The zero-order chi connectivity index (χ0) is 36.2. The molecule has 0 bridgehead atoms. The van der Waals surface area contributed by atoms with Crippen LogP contribution in [0.15, 0.2) is 120 Å². The first-order valence-corrected chi connectivity index (χ1v) is 18.2. The van der Waals surface area contributed by atoms with Crippen LogP contribution in [0.1, 0.15) is 43.4 Å². The SMILES string of the molecule is C=C(C)[C@@H]1CC2(CCN(S(=O)(=O)c3ccc([N+](=O)[O-])cc3)CC2)[C@@H](Cc2ccccc2)O[C@H]1c1cc(Oc2ccccc2)ccc1OCC(=O)O. The molecule has 1 spiro atoms. The maximum Gasteiger partial charge on any atom is 0.341 e. The van der Waals surface area contributed by atoms with E-state index in [1.165, 1.54) is 28.6 Å². The third-order valence-corrected chi connectivity index (χ3v) is 11.8. The Balaban J connectivity index is 1.34. The molecule has 2 aliphatic rings. The lowest BCUT2D eigenvalue weighted by Crippen LogP contribution is -2.53. The summed E-state index contributed by atoms with van der Waals surface area (Å²) in [7, 11) is -3.90. The van der Waals surface area contributed by atoms with E-state index < -0.39 is 39.0 Å². The summed E-state index contributed by atoms with van der Waals surface area (Å²) >= 11 is 0. The van der Waals surface area contributed by atoms with E-state index in [-0.39, 0.29) is 35.7 Å². The van der Waals surface area contributed by atoms with Gasteiger partial charge in [-0.3, -0.25) is 10.1 Å². The summed E-state index contributed by atoms with van der Waals surface area (Å²) in [5.41, 5.74) is 1.99. The number of carbonyl (C=O) groups is 1. The summed E-state index contributed by atoms with van der Waals surface area (Å²) in [4.78, 5) is 22.2. The molecular formula is C39H40N2O9S. The molecule has 12 heteroatoms. The Kier molecular flexibility index (Phi) is 10.6. The number of benzene rings is 4. The molecule has 2 fully saturated rings. The van der Waals surface area contributed by atoms with Crippen molar-refractivity contribution in [3.8, 4) is 17.2 Å². The second-order valence-corrected chi connectivity index (χ2v) is 15.1. The minimum atomic E-state index is -3.90. The molecule has 4 aromatic rings. The Morgan fingerprint density at radius 3 is 2.24 bits per heavy atom. The molecule has 0 radical (unpaired) electrons. The summed E-state index contributed by atoms with van der Waals surface area (Å²) in [5.74, 6) is 0.219. The quantitative estimate of drug-likeness (QED) is 0.0892. The predicted octanol–water partition coefficient (Wildman–Crippen LogP) is 7.59. The first-order valence-electron chi connectivity index (χ1n) is 16.8. The molecular weight excluding hydrogens is 673 g/mol. The molecule has 3 atom stereocenters. The molecule has 0 amide bonds. The van der Waals surface area contributed by atoms with Gasteiger partial charge in [-0.25, -0.2) is 13.2 Å². The highest BCUT2D eigenvalue weighted by Crippen LogP contribution is 2.55. The molecule has 0 saturated carbocycles. The zero-order valence-corrected chi connectivity index (χ0v) is 29.0. The number of ether oxygens (including phenoxy) is 3. The lowest BCUT2D eigenvalue weighted by atomic mass is 9.63. The van der Waals surface area contributed by atoms with Gasteiger partial charge >= 0.3 is 5.97 Å². The van der Waals surface area contributed by atoms with Crippen LogP contribution < -0.4 is 9.47 Å². The number of carboxylic acid groups (broad SMARTS) is 1. The number of para-hydroxylation sites is 1. The minimum Gasteiger partial charge on any atom is -0.482 e. The molecule has 4 aromatic carbocycles. The number of piperidine rings is 1. The van der Waals surface area contributed by atoms with Crippen molar-refractivity contribution in [1.82, 2.24) is 4.31 Å². The zero-order valence-electron chi connectivity index (χ0n) is 28.2. The van der Waals surface area contributed by atoms with E-state index in [2.05, 4.69) is 6.58 Å². The van der Waals surface area contributed by atoms with Gasteiger partial charge in [-0.15, -0.1) is 0 Å². The lowest BCUT2D eigenvalue weighted by molar-refractivity contribution is -0.384. The van der Waals surface area contributed by atoms with Crippen molar-refractivity contribution in [2.24, 2.45) is 11.3 Å². The van der Waals surface area contributed by atoms with Crippen molar-refractivity contribution >= 4 is 21.7 Å². The topological polar surface area (TPSA) is 146 Å². The Bertz CT molecular complexity index is 1980. The van der Waals surface area contributed by atoms with Crippen molar-refractivity contribution in [3.63, 3.8) is 0 Å².